The molecule has 39 heavy (non-hydrogen) atoms. The molecule has 0 aromatic heterocycles. The van der Waals surface area contributed by atoms with Crippen LogP contribution in [0, 0.1) is 11.7 Å². The number of carbonyl (C=O) groups excluding carboxylic acids is 1. The summed E-state index contributed by atoms with van der Waals surface area (Å²) in [7, 11) is 0. The number of carbonyl (C=O) groups is 1. The number of benzene rings is 2. The number of rotatable bonds is 17. The maximum atomic E-state index is 14.6. The Morgan fingerprint density at radius 3 is 2.23 bits per heavy atom. The summed E-state index contributed by atoms with van der Waals surface area (Å²) in [6.45, 7) is 4.75. The van der Waals surface area contributed by atoms with Crippen LogP contribution in [0.1, 0.15) is 109 Å². The fourth-order valence-electron chi connectivity index (χ4n) is 5.37. The minimum atomic E-state index is -1.48. The third-order valence-corrected chi connectivity index (χ3v) is 7.96. The van der Waals surface area contributed by atoms with Crippen LogP contribution in [0.5, 0.6) is 5.75 Å². The van der Waals surface area contributed by atoms with E-state index in [2.05, 4.69) is 31.2 Å². The van der Waals surface area contributed by atoms with Gasteiger partial charge < -0.3 is 9.47 Å². The minimum Gasteiger partial charge on any atom is -0.491 e. The minimum absolute atomic E-state index is 0.138. The maximum absolute atomic E-state index is 14.6. The van der Waals surface area contributed by atoms with Crippen molar-refractivity contribution in [3.8, 4) is 16.9 Å². The van der Waals surface area contributed by atoms with Gasteiger partial charge in [-0.05, 0) is 86.1 Å². The average Bonchev–Trinajstić information content (AvgIpc) is 2.96. The molecule has 3 rings (SSSR count). The van der Waals surface area contributed by atoms with Crippen LogP contribution in [0.4, 0.5) is 8.78 Å². The van der Waals surface area contributed by atoms with Crippen molar-refractivity contribution in [3.05, 3.63) is 53.8 Å². The fraction of sp³-hybridized carbons (Fsp3) is 0.618. The Balaban J connectivity index is 1.37. The molecule has 0 N–H and O–H groups in total. The number of hydrogen-bond acceptors (Lipinski definition) is 3. The Labute approximate surface area is 234 Å². The highest BCUT2D eigenvalue weighted by molar-refractivity contribution is 5.74. The molecule has 1 aliphatic carbocycles. The Bertz CT molecular complexity index is 967. The van der Waals surface area contributed by atoms with Crippen LogP contribution in [0.15, 0.2) is 42.5 Å². The number of unbranched alkanes of at least 4 members (excludes halogenated alkanes) is 6. The quantitative estimate of drug-likeness (QED) is 0.147. The first-order valence-electron chi connectivity index (χ1n) is 15.4. The van der Waals surface area contributed by atoms with Gasteiger partial charge >= 0.3 is 5.97 Å². The molecule has 1 fully saturated rings. The van der Waals surface area contributed by atoms with Crippen molar-refractivity contribution >= 4 is 5.97 Å². The predicted molar refractivity (Wildman–Crippen MR) is 155 cm³/mol. The molecule has 0 amide bonds. The van der Waals surface area contributed by atoms with E-state index in [9.17, 15) is 13.6 Å². The van der Waals surface area contributed by atoms with Crippen molar-refractivity contribution in [2.24, 2.45) is 5.92 Å². The van der Waals surface area contributed by atoms with Gasteiger partial charge in [0.1, 0.15) is 6.10 Å². The van der Waals surface area contributed by atoms with Crippen LogP contribution < -0.4 is 4.74 Å². The zero-order valence-corrected chi connectivity index (χ0v) is 24.1. The molecule has 0 bridgehead atoms. The molecular weight excluding hydrogens is 494 g/mol. The van der Waals surface area contributed by atoms with Crippen molar-refractivity contribution in [1.29, 1.82) is 0 Å². The molecule has 0 radical (unpaired) electrons. The molecule has 0 aliphatic heterocycles. The lowest BCUT2D eigenvalue weighted by Crippen LogP contribution is -2.29. The zero-order chi connectivity index (χ0) is 27.9. The van der Waals surface area contributed by atoms with Crippen molar-refractivity contribution in [2.75, 3.05) is 6.61 Å². The maximum Gasteiger partial charge on any atom is 0.340 e. The molecule has 0 unspecified atom stereocenters. The van der Waals surface area contributed by atoms with E-state index in [0.29, 0.717) is 24.7 Å². The normalized spacial score (nSPS) is 18.1. The van der Waals surface area contributed by atoms with Gasteiger partial charge in [-0.25, -0.2) is 13.6 Å². The van der Waals surface area contributed by atoms with Crippen molar-refractivity contribution in [3.63, 3.8) is 0 Å². The van der Waals surface area contributed by atoms with Crippen molar-refractivity contribution in [2.45, 2.75) is 122 Å². The van der Waals surface area contributed by atoms with Crippen molar-refractivity contribution < 1.29 is 23.0 Å². The van der Waals surface area contributed by atoms with E-state index in [1.165, 1.54) is 31.2 Å². The fourth-order valence-corrected chi connectivity index (χ4v) is 5.37. The summed E-state index contributed by atoms with van der Waals surface area (Å²) in [5, 5.41) is 0. The Kier molecular flexibility index (Phi) is 13.8. The first-order chi connectivity index (χ1) is 19.0. The van der Waals surface area contributed by atoms with Gasteiger partial charge in [0, 0.05) is 0 Å². The average molecular weight is 543 g/mol. The number of aryl methyl sites for hydroxylation is 1. The number of alkyl halides is 1. The Morgan fingerprint density at radius 1 is 0.872 bits per heavy atom. The van der Waals surface area contributed by atoms with E-state index in [0.717, 1.165) is 68.9 Å². The number of halogens is 2. The van der Waals surface area contributed by atoms with E-state index in [1.807, 2.05) is 13.0 Å². The van der Waals surface area contributed by atoms with E-state index in [4.69, 9.17) is 9.47 Å². The molecule has 0 spiro atoms. The number of esters is 1. The number of hydrogen-bond donors (Lipinski definition) is 0. The van der Waals surface area contributed by atoms with Crippen LogP contribution >= 0.6 is 0 Å². The molecule has 1 aliphatic rings. The largest absolute Gasteiger partial charge is 0.491 e. The molecule has 1 saturated carbocycles. The molecule has 2 aromatic rings. The summed E-state index contributed by atoms with van der Waals surface area (Å²) >= 11 is 0. The van der Waals surface area contributed by atoms with Gasteiger partial charge in [0.15, 0.2) is 17.7 Å². The molecule has 3 nitrogen and oxygen atoms in total. The molecule has 1 atom stereocenters. The lowest BCUT2D eigenvalue weighted by molar-refractivity contribution is -0.157. The second-order valence-electron chi connectivity index (χ2n) is 11.2. The third kappa shape index (κ3) is 10.9. The first kappa shape index (κ1) is 31.1. The second kappa shape index (κ2) is 17.3. The Hall–Kier alpha value is -2.43. The van der Waals surface area contributed by atoms with Gasteiger partial charge in [-0.2, -0.15) is 0 Å². The van der Waals surface area contributed by atoms with Gasteiger partial charge in [-0.3, -0.25) is 0 Å². The second-order valence-corrected chi connectivity index (χ2v) is 11.2. The lowest BCUT2D eigenvalue weighted by Gasteiger charge is -2.28. The summed E-state index contributed by atoms with van der Waals surface area (Å²) in [4.78, 5) is 11.9. The predicted octanol–water partition coefficient (Wildman–Crippen LogP) is 9.79. The van der Waals surface area contributed by atoms with Crippen LogP contribution in [-0.4, -0.2) is 24.9 Å². The molecule has 5 heteroatoms. The van der Waals surface area contributed by atoms with Gasteiger partial charge in [-0.1, -0.05) is 89.1 Å². The monoisotopic (exact) mass is 542 g/mol. The van der Waals surface area contributed by atoms with Crippen LogP contribution in [0.3, 0.4) is 0 Å². The highest BCUT2D eigenvalue weighted by Gasteiger charge is 2.27. The van der Waals surface area contributed by atoms with E-state index in [-0.39, 0.29) is 18.3 Å². The summed E-state index contributed by atoms with van der Waals surface area (Å²) in [5.74, 6) is -0.0673. The number of ether oxygens (including phenoxy) is 2. The van der Waals surface area contributed by atoms with E-state index >= 15 is 0 Å². The van der Waals surface area contributed by atoms with Gasteiger partial charge in [0.05, 0.1) is 6.61 Å². The summed E-state index contributed by atoms with van der Waals surface area (Å²) in [6, 6.07) is 13.6. The topological polar surface area (TPSA) is 35.5 Å². The van der Waals surface area contributed by atoms with Crippen LogP contribution in [0.25, 0.3) is 11.1 Å². The standard InChI is InChI=1S/C34H48F2O3/c1-3-5-7-8-9-10-24-38-33-23-20-29(25-32(33)36)28-18-14-26(15-19-28)12-13-27-16-21-30(22-17-27)39-34(37)31(35)11-6-4-2/h14-15,18-20,23,25,27,30-31H,3-13,16-17,21-22,24H2,1-2H3/t27-,30-,31-/m0/s1. The van der Waals surface area contributed by atoms with E-state index in [1.54, 1.807) is 12.1 Å². The Morgan fingerprint density at radius 2 is 1.54 bits per heavy atom. The first-order valence-corrected chi connectivity index (χ1v) is 15.4. The third-order valence-electron chi connectivity index (χ3n) is 7.96. The lowest BCUT2D eigenvalue weighted by atomic mass is 9.83. The van der Waals surface area contributed by atoms with Crippen molar-refractivity contribution in [1.82, 2.24) is 0 Å². The zero-order valence-electron chi connectivity index (χ0n) is 24.1. The molecular formula is C34H48F2O3. The molecule has 2 aromatic carbocycles. The van der Waals surface area contributed by atoms with Gasteiger partial charge in [0.25, 0.3) is 0 Å². The molecule has 0 heterocycles. The van der Waals surface area contributed by atoms with Crippen LogP contribution in [-0.2, 0) is 16.0 Å². The van der Waals surface area contributed by atoms with Gasteiger partial charge in [-0.15, -0.1) is 0 Å². The summed E-state index contributed by atoms with van der Waals surface area (Å²) in [5.41, 5.74) is 3.11. The van der Waals surface area contributed by atoms with Crippen LogP contribution in [0.2, 0.25) is 0 Å². The SMILES string of the molecule is CCCCCCCCOc1ccc(-c2ccc(CC[C@H]3CC[C@H](OC(=O)[C@@H](F)CCCC)CC3)cc2)cc1F. The summed E-state index contributed by atoms with van der Waals surface area (Å²) in [6.07, 6.45) is 13.0. The molecule has 0 saturated heterocycles. The highest BCUT2D eigenvalue weighted by atomic mass is 19.1. The highest BCUT2D eigenvalue weighted by Crippen LogP contribution is 2.31. The smallest absolute Gasteiger partial charge is 0.340 e. The van der Waals surface area contributed by atoms with E-state index < -0.39 is 12.1 Å². The molecule has 216 valence electrons. The summed E-state index contributed by atoms with van der Waals surface area (Å²) < 4.78 is 39.6. The van der Waals surface area contributed by atoms with Gasteiger partial charge in [0.2, 0.25) is 0 Å².